The first-order valence-corrected chi connectivity index (χ1v) is 9.52. The van der Waals surface area contributed by atoms with Crippen molar-refractivity contribution in [2.45, 2.75) is 20.8 Å². The lowest BCUT2D eigenvalue weighted by atomic mass is 10.1. The van der Waals surface area contributed by atoms with Crippen molar-refractivity contribution in [1.82, 2.24) is 0 Å². The van der Waals surface area contributed by atoms with Crippen LogP contribution in [0.2, 0.25) is 0 Å². The number of carbonyl (C=O) groups excluding carboxylic acids is 1. The number of benzene rings is 3. The molecule has 0 unspecified atom stereocenters. The zero-order valence-corrected chi connectivity index (χ0v) is 16.5. The molecule has 0 aliphatic rings. The van der Waals surface area contributed by atoms with Crippen molar-refractivity contribution in [3.63, 3.8) is 0 Å². The lowest BCUT2D eigenvalue weighted by molar-refractivity contribution is 0.102. The van der Waals surface area contributed by atoms with Gasteiger partial charge in [0.1, 0.15) is 0 Å². The molecule has 28 heavy (non-hydrogen) atoms. The molecule has 3 aromatic rings. The highest BCUT2D eigenvalue weighted by Crippen LogP contribution is 2.39. The number of hydrogen-bond acceptors (Lipinski definition) is 4. The zero-order valence-electron chi connectivity index (χ0n) is 16.5. The summed E-state index contributed by atoms with van der Waals surface area (Å²) in [5, 5.41) is 5.14. The van der Waals surface area contributed by atoms with Crippen LogP contribution in [0.15, 0.2) is 54.6 Å². The summed E-state index contributed by atoms with van der Waals surface area (Å²) in [5.74, 6) is 1.28. The van der Waals surface area contributed by atoms with E-state index in [1.54, 1.807) is 12.1 Å². The Kier molecular flexibility index (Phi) is 6.37. The third-order valence-corrected chi connectivity index (χ3v) is 4.18. The van der Waals surface area contributed by atoms with E-state index in [0.29, 0.717) is 42.6 Å². The third kappa shape index (κ3) is 4.36. The topological polar surface area (TPSA) is 56.8 Å². The molecule has 146 valence electrons. The Morgan fingerprint density at radius 1 is 0.786 bits per heavy atom. The molecule has 0 heterocycles. The maximum atomic E-state index is 12.9. The van der Waals surface area contributed by atoms with Crippen LogP contribution in [0.5, 0.6) is 17.2 Å². The molecule has 0 fully saturated rings. The quantitative estimate of drug-likeness (QED) is 0.578. The molecule has 0 saturated heterocycles. The van der Waals surface area contributed by atoms with E-state index in [0.717, 1.165) is 16.5 Å². The fourth-order valence-corrected chi connectivity index (χ4v) is 2.99. The van der Waals surface area contributed by atoms with Crippen LogP contribution in [0.1, 0.15) is 31.1 Å². The summed E-state index contributed by atoms with van der Waals surface area (Å²) in [6.45, 7) is 7.06. The smallest absolute Gasteiger partial charge is 0.255 e. The third-order valence-electron chi connectivity index (χ3n) is 4.18. The van der Waals surface area contributed by atoms with Crippen molar-refractivity contribution in [2.24, 2.45) is 0 Å². The summed E-state index contributed by atoms with van der Waals surface area (Å²) in [5.41, 5.74) is 1.18. The molecule has 0 aliphatic carbocycles. The molecule has 1 amide bonds. The van der Waals surface area contributed by atoms with E-state index in [-0.39, 0.29) is 5.91 Å². The van der Waals surface area contributed by atoms with E-state index >= 15 is 0 Å². The van der Waals surface area contributed by atoms with Gasteiger partial charge in [0.2, 0.25) is 5.75 Å². The molecule has 0 aliphatic heterocycles. The minimum Gasteiger partial charge on any atom is -0.490 e. The van der Waals surface area contributed by atoms with Crippen LogP contribution in [-0.4, -0.2) is 25.7 Å². The molecular weight excluding hydrogens is 354 g/mol. The summed E-state index contributed by atoms with van der Waals surface area (Å²) in [7, 11) is 0. The Balaban J connectivity index is 1.92. The molecule has 0 bridgehead atoms. The van der Waals surface area contributed by atoms with Crippen molar-refractivity contribution in [3.05, 3.63) is 60.2 Å². The molecule has 1 N–H and O–H groups in total. The molecule has 5 heteroatoms. The fourth-order valence-electron chi connectivity index (χ4n) is 2.99. The number of anilines is 1. The summed E-state index contributed by atoms with van der Waals surface area (Å²) in [4.78, 5) is 12.9. The Morgan fingerprint density at radius 2 is 1.39 bits per heavy atom. The number of ether oxygens (including phenoxy) is 3. The van der Waals surface area contributed by atoms with Gasteiger partial charge in [0, 0.05) is 11.3 Å². The molecular formula is C23H25NO4. The lowest BCUT2D eigenvalue weighted by Gasteiger charge is -2.17. The summed E-state index contributed by atoms with van der Waals surface area (Å²) >= 11 is 0. The van der Waals surface area contributed by atoms with Crippen LogP contribution in [0.4, 0.5) is 5.69 Å². The van der Waals surface area contributed by atoms with Crippen molar-refractivity contribution in [2.75, 3.05) is 25.1 Å². The number of hydrogen-bond donors (Lipinski definition) is 1. The first kappa shape index (κ1) is 19.5. The molecule has 3 aromatic carbocycles. The Morgan fingerprint density at radius 3 is 2.00 bits per heavy atom. The van der Waals surface area contributed by atoms with Gasteiger partial charge in [-0.05, 0) is 55.8 Å². The second-order valence-corrected chi connectivity index (χ2v) is 6.12. The number of carbonyl (C=O) groups is 1. The number of rotatable bonds is 8. The first-order valence-electron chi connectivity index (χ1n) is 9.52. The molecule has 0 radical (unpaired) electrons. The average molecular weight is 379 g/mol. The van der Waals surface area contributed by atoms with Crippen LogP contribution < -0.4 is 19.5 Å². The van der Waals surface area contributed by atoms with Gasteiger partial charge < -0.3 is 19.5 Å². The molecule has 0 saturated carbocycles. The van der Waals surface area contributed by atoms with Crippen molar-refractivity contribution < 1.29 is 19.0 Å². The van der Waals surface area contributed by atoms with Gasteiger partial charge in [-0.2, -0.15) is 0 Å². The molecule has 5 nitrogen and oxygen atoms in total. The van der Waals surface area contributed by atoms with Gasteiger partial charge in [0.05, 0.1) is 19.8 Å². The van der Waals surface area contributed by atoms with E-state index in [4.69, 9.17) is 14.2 Å². The first-order chi connectivity index (χ1) is 13.7. The summed E-state index contributed by atoms with van der Waals surface area (Å²) in [6, 6.07) is 17.2. The standard InChI is InChI=1S/C23H25NO4/c1-4-26-20-14-18(15-21(27-5-2)22(20)28-6-3)23(25)24-19-12-11-16-9-7-8-10-17(16)13-19/h7-15H,4-6H2,1-3H3,(H,24,25). The molecule has 0 aromatic heterocycles. The van der Waals surface area contributed by atoms with Gasteiger partial charge in [-0.1, -0.05) is 30.3 Å². The Hall–Kier alpha value is -3.21. The zero-order chi connectivity index (χ0) is 19.9. The predicted octanol–water partition coefficient (Wildman–Crippen LogP) is 5.29. The second-order valence-electron chi connectivity index (χ2n) is 6.12. The maximum absolute atomic E-state index is 12.9. The minimum atomic E-state index is -0.236. The second kappa shape index (κ2) is 9.13. The molecule has 0 spiro atoms. The highest BCUT2D eigenvalue weighted by atomic mass is 16.5. The van der Waals surface area contributed by atoms with E-state index in [1.165, 1.54) is 0 Å². The SMILES string of the molecule is CCOc1cc(C(=O)Nc2ccc3ccccc3c2)cc(OCC)c1OCC. The summed E-state index contributed by atoms with van der Waals surface area (Å²) in [6.07, 6.45) is 0. The maximum Gasteiger partial charge on any atom is 0.255 e. The average Bonchev–Trinajstić information content (AvgIpc) is 2.70. The van der Waals surface area contributed by atoms with Crippen LogP contribution in [0.25, 0.3) is 10.8 Å². The van der Waals surface area contributed by atoms with E-state index in [2.05, 4.69) is 5.32 Å². The highest BCUT2D eigenvalue weighted by Gasteiger charge is 2.18. The highest BCUT2D eigenvalue weighted by molar-refractivity contribution is 6.06. The van der Waals surface area contributed by atoms with Crippen molar-refractivity contribution in [3.8, 4) is 17.2 Å². The van der Waals surface area contributed by atoms with Crippen LogP contribution >= 0.6 is 0 Å². The molecule has 3 rings (SSSR count). The van der Waals surface area contributed by atoms with Gasteiger partial charge >= 0.3 is 0 Å². The minimum absolute atomic E-state index is 0.236. The Bertz CT molecular complexity index is 941. The Labute approximate surface area is 165 Å². The van der Waals surface area contributed by atoms with Crippen LogP contribution in [0.3, 0.4) is 0 Å². The van der Waals surface area contributed by atoms with Crippen molar-refractivity contribution >= 4 is 22.4 Å². The van der Waals surface area contributed by atoms with E-state index in [1.807, 2.05) is 63.2 Å². The van der Waals surface area contributed by atoms with Crippen LogP contribution in [0, 0.1) is 0 Å². The van der Waals surface area contributed by atoms with E-state index in [9.17, 15) is 4.79 Å². The van der Waals surface area contributed by atoms with Gasteiger partial charge in [0.25, 0.3) is 5.91 Å². The van der Waals surface area contributed by atoms with Gasteiger partial charge in [-0.25, -0.2) is 0 Å². The van der Waals surface area contributed by atoms with Gasteiger partial charge in [-0.3, -0.25) is 4.79 Å². The van der Waals surface area contributed by atoms with Gasteiger partial charge in [0.15, 0.2) is 11.5 Å². The number of fused-ring (bicyclic) bond motifs is 1. The normalized spacial score (nSPS) is 10.5. The number of amides is 1. The fraction of sp³-hybridized carbons (Fsp3) is 0.261. The lowest BCUT2D eigenvalue weighted by Crippen LogP contribution is -2.13. The predicted molar refractivity (Wildman–Crippen MR) is 112 cm³/mol. The number of nitrogens with one attached hydrogen (secondary N) is 1. The monoisotopic (exact) mass is 379 g/mol. The molecule has 0 atom stereocenters. The summed E-state index contributed by atoms with van der Waals surface area (Å²) < 4.78 is 17.1. The van der Waals surface area contributed by atoms with Gasteiger partial charge in [-0.15, -0.1) is 0 Å². The van der Waals surface area contributed by atoms with Crippen molar-refractivity contribution in [1.29, 1.82) is 0 Å². The van der Waals surface area contributed by atoms with Crippen LogP contribution in [-0.2, 0) is 0 Å². The largest absolute Gasteiger partial charge is 0.490 e. The van der Waals surface area contributed by atoms with E-state index < -0.39 is 0 Å².